The monoisotopic (exact) mass is 285 g/mol. The molecule has 4 N–H and O–H groups in total. The molecule has 2 aromatic rings. The Morgan fingerprint density at radius 1 is 1.53 bits per heavy atom. The number of aliphatic hydroxyl groups excluding tert-OH is 2. The zero-order valence-corrected chi connectivity index (χ0v) is 10.5. The van der Waals surface area contributed by atoms with Crippen LogP contribution in [-0.2, 0) is 9.92 Å². The fourth-order valence-electron chi connectivity index (χ4n) is 2.16. The fraction of sp³-hybridized carbons (Fsp3) is 0.500. The molecule has 3 rings (SSSR count). The molecule has 1 saturated heterocycles. The van der Waals surface area contributed by atoms with Gasteiger partial charge in [-0.25, -0.2) is 15.0 Å². The van der Waals surface area contributed by atoms with Crippen molar-refractivity contribution in [3.8, 4) is 0 Å². The molecule has 3 atom stereocenters. The molecule has 1 fully saturated rings. The molecule has 0 saturated carbocycles. The standard InChI is InChI=1S/C10H12ClN5O3/c11-10(6(18)1-5(2-17)19-10)16-4-15-7-8(12)13-3-14-9(7)16/h3-6,17-18H,1-2H2,(H2,12,13,14)/t5-,6+,10-/m0/s1. The number of nitrogens with two attached hydrogens (primary N) is 1. The van der Waals surface area contributed by atoms with Crippen molar-refractivity contribution in [2.45, 2.75) is 23.8 Å². The second kappa shape index (κ2) is 4.27. The summed E-state index contributed by atoms with van der Waals surface area (Å²) in [6, 6.07) is 0. The fourth-order valence-corrected chi connectivity index (χ4v) is 2.50. The van der Waals surface area contributed by atoms with Gasteiger partial charge in [0.25, 0.3) is 5.18 Å². The summed E-state index contributed by atoms with van der Waals surface area (Å²) in [5.74, 6) is 0.218. The highest BCUT2D eigenvalue weighted by Crippen LogP contribution is 2.40. The first-order valence-corrected chi connectivity index (χ1v) is 6.03. The van der Waals surface area contributed by atoms with E-state index < -0.39 is 17.4 Å². The Labute approximate surface area is 112 Å². The number of anilines is 1. The Hall–Kier alpha value is -1.48. The Bertz CT molecular complexity index is 620. The van der Waals surface area contributed by atoms with Crippen LogP contribution in [0.5, 0.6) is 0 Å². The van der Waals surface area contributed by atoms with Gasteiger partial charge in [0.05, 0.1) is 12.7 Å². The largest absolute Gasteiger partial charge is 0.394 e. The second-order valence-electron chi connectivity index (χ2n) is 4.33. The first-order chi connectivity index (χ1) is 9.06. The predicted molar refractivity (Wildman–Crippen MR) is 66.1 cm³/mol. The van der Waals surface area contributed by atoms with Crippen LogP contribution in [0.4, 0.5) is 5.82 Å². The molecular weight excluding hydrogens is 274 g/mol. The topological polar surface area (TPSA) is 119 Å². The van der Waals surface area contributed by atoms with E-state index in [9.17, 15) is 5.11 Å². The highest BCUT2D eigenvalue weighted by atomic mass is 35.5. The van der Waals surface area contributed by atoms with E-state index in [1.807, 2.05) is 0 Å². The Balaban J connectivity index is 2.12. The van der Waals surface area contributed by atoms with Crippen LogP contribution in [0.2, 0.25) is 0 Å². The Morgan fingerprint density at radius 3 is 3.00 bits per heavy atom. The number of hydrogen-bond acceptors (Lipinski definition) is 7. The van der Waals surface area contributed by atoms with Crippen LogP contribution >= 0.6 is 11.6 Å². The van der Waals surface area contributed by atoms with Gasteiger partial charge in [-0.2, -0.15) is 0 Å². The summed E-state index contributed by atoms with van der Waals surface area (Å²) in [5, 5.41) is 17.6. The van der Waals surface area contributed by atoms with Gasteiger partial charge in [0.1, 0.15) is 24.3 Å². The van der Waals surface area contributed by atoms with Gasteiger partial charge in [0.15, 0.2) is 11.5 Å². The molecule has 102 valence electrons. The Morgan fingerprint density at radius 2 is 2.32 bits per heavy atom. The van der Waals surface area contributed by atoms with Gasteiger partial charge in [0.2, 0.25) is 0 Å². The van der Waals surface area contributed by atoms with Gasteiger partial charge >= 0.3 is 0 Å². The molecule has 2 aromatic heterocycles. The maximum atomic E-state index is 10.1. The first kappa shape index (κ1) is 12.5. The maximum Gasteiger partial charge on any atom is 0.252 e. The molecule has 1 aliphatic rings. The van der Waals surface area contributed by atoms with E-state index in [1.165, 1.54) is 17.2 Å². The van der Waals surface area contributed by atoms with Gasteiger partial charge in [-0.1, -0.05) is 11.6 Å². The van der Waals surface area contributed by atoms with Gasteiger partial charge in [-0.05, 0) is 0 Å². The molecule has 0 radical (unpaired) electrons. The maximum absolute atomic E-state index is 10.1. The molecule has 0 aromatic carbocycles. The lowest BCUT2D eigenvalue weighted by atomic mass is 10.2. The predicted octanol–water partition coefficient (Wildman–Crippen LogP) is -0.600. The summed E-state index contributed by atoms with van der Waals surface area (Å²) in [6.45, 7) is -0.227. The van der Waals surface area contributed by atoms with Crippen LogP contribution in [-0.4, -0.2) is 48.5 Å². The molecule has 0 amide bonds. The van der Waals surface area contributed by atoms with E-state index in [0.717, 1.165) is 0 Å². The summed E-state index contributed by atoms with van der Waals surface area (Å²) < 4.78 is 6.88. The van der Waals surface area contributed by atoms with Crippen LogP contribution in [0.3, 0.4) is 0 Å². The van der Waals surface area contributed by atoms with Crippen LogP contribution in [0.25, 0.3) is 11.2 Å². The SMILES string of the molecule is Nc1ncnc2c1ncn2[C@]1(Cl)O[C@H](CO)C[C@H]1O. The molecular formula is C10H12ClN5O3. The summed E-state index contributed by atoms with van der Waals surface area (Å²) in [5.41, 5.74) is 6.43. The summed E-state index contributed by atoms with van der Waals surface area (Å²) in [4.78, 5) is 11.9. The number of fused-ring (bicyclic) bond motifs is 1. The van der Waals surface area contributed by atoms with Crippen LogP contribution < -0.4 is 5.73 Å². The van der Waals surface area contributed by atoms with E-state index in [1.54, 1.807) is 0 Å². The smallest absolute Gasteiger partial charge is 0.252 e. The molecule has 19 heavy (non-hydrogen) atoms. The number of nitrogens with zero attached hydrogens (tertiary/aromatic N) is 4. The van der Waals surface area contributed by atoms with E-state index in [-0.39, 0.29) is 18.8 Å². The molecule has 0 unspecified atom stereocenters. The van der Waals surface area contributed by atoms with Crippen molar-refractivity contribution >= 4 is 28.6 Å². The third kappa shape index (κ3) is 1.76. The van der Waals surface area contributed by atoms with E-state index in [2.05, 4.69) is 15.0 Å². The van der Waals surface area contributed by atoms with Gasteiger partial charge in [-0.3, -0.25) is 4.57 Å². The Kier molecular flexibility index (Phi) is 2.82. The third-order valence-electron chi connectivity index (χ3n) is 3.12. The molecule has 0 spiro atoms. The van der Waals surface area contributed by atoms with Crippen LogP contribution in [0, 0.1) is 0 Å². The van der Waals surface area contributed by atoms with Crippen molar-refractivity contribution in [2.75, 3.05) is 12.3 Å². The highest BCUT2D eigenvalue weighted by Gasteiger charge is 2.49. The van der Waals surface area contributed by atoms with Crippen molar-refractivity contribution < 1.29 is 14.9 Å². The van der Waals surface area contributed by atoms with E-state index in [4.69, 9.17) is 27.2 Å². The molecule has 0 aliphatic carbocycles. The number of aliphatic hydroxyl groups is 2. The lowest BCUT2D eigenvalue weighted by molar-refractivity contribution is -0.0833. The lowest BCUT2D eigenvalue weighted by Gasteiger charge is -2.26. The quantitative estimate of drug-likeness (QED) is 0.630. The van der Waals surface area contributed by atoms with Gasteiger partial charge in [-0.15, -0.1) is 0 Å². The number of nitrogen functional groups attached to an aromatic ring is 1. The van der Waals surface area contributed by atoms with Gasteiger partial charge < -0.3 is 20.7 Å². The van der Waals surface area contributed by atoms with Gasteiger partial charge in [0, 0.05) is 6.42 Å². The lowest BCUT2D eigenvalue weighted by Crippen LogP contribution is -2.37. The average Bonchev–Trinajstić information content (AvgIpc) is 2.94. The molecule has 1 aliphatic heterocycles. The molecule has 9 heteroatoms. The zero-order chi connectivity index (χ0) is 13.6. The van der Waals surface area contributed by atoms with Crippen molar-refractivity contribution in [1.82, 2.24) is 19.5 Å². The molecule has 3 heterocycles. The number of ether oxygens (including phenoxy) is 1. The summed E-state index contributed by atoms with van der Waals surface area (Å²) in [6.07, 6.45) is 1.34. The van der Waals surface area contributed by atoms with Crippen LogP contribution in [0.1, 0.15) is 6.42 Å². The van der Waals surface area contributed by atoms with Crippen molar-refractivity contribution in [3.05, 3.63) is 12.7 Å². The third-order valence-corrected chi connectivity index (χ3v) is 3.65. The minimum Gasteiger partial charge on any atom is -0.394 e. The van der Waals surface area contributed by atoms with Crippen molar-refractivity contribution in [2.24, 2.45) is 0 Å². The van der Waals surface area contributed by atoms with Crippen LogP contribution in [0.15, 0.2) is 12.7 Å². The number of imidazole rings is 1. The zero-order valence-electron chi connectivity index (χ0n) is 9.77. The van der Waals surface area contributed by atoms with Crippen molar-refractivity contribution in [1.29, 1.82) is 0 Å². The van der Waals surface area contributed by atoms with E-state index >= 15 is 0 Å². The number of aromatic nitrogens is 4. The molecule has 8 nitrogen and oxygen atoms in total. The van der Waals surface area contributed by atoms with Crippen molar-refractivity contribution in [3.63, 3.8) is 0 Å². The average molecular weight is 286 g/mol. The first-order valence-electron chi connectivity index (χ1n) is 5.66. The van der Waals surface area contributed by atoms with E-state index in [0.29, 0.717) is 11.2 Å². The summed E-state index contributed by atoms with van der Waals surface area (Å²) >= 11 is 6.33. The minimum absolute atomic E-state index is 0.218. The minimum atomic E-state index is -1.55. The number of alkyl halides is 1. The second-order valence-corrected chi connectivity index (χ2v) is 4.87. The number of halogens is 1. The normalized spacial score (nSPS) is 31.1. The number of rotatable bonds is 2. The molecule has 0 bridgehead atoms. The highest BCUT2D eigenvalue weighted by molar-refractivity contribution is 6.22. The summed E-state index contributed by atoms with van der Waals surface area (Å²) in [7, 11) is 0. The number of hydrogen-bond donors (Lipinski definition) is 3.